The number of aryl methyl sites for hydroxylation is 1. The number of para-hydroxylation sites is 1. The van der Waals surface area contributed by atoms with Crippen LogP contribution >= 0.6 is 0 Å². The van der Waals surface area contributed by atoms with Gasteiger partial charge in [0.25, 0.3) is 0 Å². The van der Waals surface area contributed by atoms with Gasteiger partial charge in [-0.05, 0) is 32.0 Å². The number of hydrogen-bond acceptors (Lipinski definition) is 3. The molecule has 3 heterocycles. The summed E-state index contributed by atoms with van der Waals surface area (Å²) in [6.45, 7) is 7.58. The molecule has 1 aliphatic rings. The van der Waals surface area contributed by atoms with Crippen LogP contribution in [0.1, 0.15) is 29.8 Å². The molecule has 1 aliphatic heterocycles. The first kappa shape index (κ1) is 18.5. The Morgan fingerprint density at radius 3 is 2.64 bits per heavy atom. The lowest BCUT2D eigenvalue weighted by atomic mass is 9.94. The molecule has 1 atom stereocenters. The van der Waals surface area contributed by atoms with Gasteiger partial charge in [-0.25, -0.2) is 4.79 Å². The number of piperazine rings is 1. The van der Waals surface area contributed by atoms with Gasteiger partial charge in [0.05, 0.1) is 32.8 Å². The van der Waals surface area contributed by atoms with E-state index in [4.69, 9.17) is 4.74 Å². The van der Waals surface area contributed by atoms with Crippen LogP contribution in [-0.4, -0.2) is 53.7 Å². The number of carbonyl (C=O) groups excluding carboxylic acids is 1. The second kappa shape index (κ2) is 8.02. The zero-order chi connectivity index (χ0) is 19.5. The lowest BCUT2D eigenvalue weighted by molar-refractivity contribution is -0.929. The summed E-state index contributed by atoms with van der Waals surface area (Å²) in [5.74, 6) is 0. The van der Waals surface area contributed by atoms with Crippen LogP contribution < -0.4 is 4.90 Å². The molecule has 6 heteroatoms. The van der Waals surface area contributed by atoms with Crippen molar-refractivity contribution in [1.82, 2.24) is 14.9 Å². The number of rotatable bonds is 4. The first-order valence-corrected chi connectivity index (χ1v) is 9.92. The van der Waals surface area contributed by atoms with Crippen LogP contribution in [0, 0.1) is 6.92 Å². The minimum absolute atomic E-state index is 0.198. The van der Waals surface area contributed by atoms with Crippen LogP contribution in [0.15, 0.2) is 48.8 Å². The Hall–Kier alpha value is -2.86. The average Bonchev–Trinajstić information content (AvgIpc) is 3.06. The highest BCUT2D eigenvalue weighted by Gasteiger charge is 2.34. The molecule has 2 N–H and O–H groups in total. The number of fused-ring (bicyclic) bond motifs is 1. The summed E-state index contributed by atoms with van der Waals surface area (Å²) in [5.41, 5.74) is 4.95. The van der Waals surface area contributed by atoms with Gasteiger partial charge in [0.2, 0.25) is 0 Å². The molecule has 0 spiro atoms. The van der Waals surface area contributed by atoms with E-state index in [0.717, 1.165) is 13.1 Å². The van der Waals surface area contributed by atoms with Gasteiger partial charge in [0, 0.05) is 40.1 Å². The first-order chi connectivity index (χ1) is 13.7. The van der Waals surface area contributed by atoms with Gasteiger partial charge in [-0.3, -0.25) is 9.88 Å². The third-order valence-electron chi connectivity index (χ3n) is 5.61. The number of ether oxygens (including phenoxy) is 1. The van der Waals surface area contributed by atoms with Crippen LogP contribution in [0.2, 0.25) is 0 Å². The van der Waals surface area contributed by atoms with Crippen molar-refractivity contribution < 1.29 is 14.4 Å². The van der Waals surface area contributed by atoms with Crippen molar-refractivity contribution in [3.8, 4) is 0 Å². The van der Waals surface area contributed by atoms with E-state index < -0.39 is 0 Å². The van der Waals surface area contributed by atoms with Gasteiger partial charge < -0.3 is 14.6 Å². The molecule has 1 amide bonds. The van der Waals surface area contributed by atoms with Gasteiger partial charge in [0.15, 0.2) is 0 Å². The van der Waals surface area contributed by atoms with Crippen molar-refractivity contribution in [3.05, 3.63) is 65.6 Å². The van der Waals surface area contributed by atoms with E-state index in [2.05, 4.69) is 53.3 Å². The molecular formula is C22H27N4O2+. The molecule has 0 unspecified atom stereocenters. The number of H-pyrrole nitrogens is 1. The van der Waals surface area contributed by atoms with Crippen molar-refractivity contribution in [2.45, 2.75) is 19.9 Å². The average molecular weight is 379 g/mol. The topological polar surface area (TPSA) is 62.7 Å². The number of hydrogen-bond donors (Lipinski definition) is 2. The zero-order valence-electron chi connectivity index (χ0n) is 16.4. The van der Waals surface area contributed by atoms with Gasteiger partial charge in [-0.2, -0.15) is 0 Å². The number of pyridine rings is 1. The SMILES string of the molecule is CCOC(=O)N1CC[NH+]([C@@H](c2ccncc2)c2c(C)[nH]c3ccccc23)CC1. The second-order valence-corrected chi connectivity index (χ2v) is 7.27. The number of benzene rings is 1. The number of amides is 1. The van der Waals surface area contributed by atoms with E-state index >= 15 is 0 Å². The van der Waals surface area contributed by atoms with Gasteiger partial charge in [-0.1, -0.05) is 18.2 Å². The Labute approximate surface area is 165 Å². The molecule has 6 nitrogen and oxygen atoms in total. The third-order valence-corrected chi connectivity index (χ3v) is 5.61. The largest absolute Gasteiger partial charge is 0.450 e. The molecule has 1 aromatic carbocycles. The fourth-order valence-corrected chi connectivity index (χ4v) is 4.31. The molecule has 3 aromatic rings. The fourth-order valence-electron chi connectivity index (χ4n) is 4.31. The lowest BCUT2D eigenvalue weighted by Gasteiger charge is -2.36. The van der Waals surface area contributed by atoms with Crippen molar-refractivity contribution in [1.29, 1.82) is 0 Å². The number of quaternary nitrogens is 1. The molecule has 0 radical (unpaired) electrons. The highest BCUT2D eigenvalue weighted by Crippen LogP contribution is 2.30. The van der Waals surface area contributed by atoms with Crippen LogP contribution in [0.4, 0.5) is 4.79 Å². The molecule has 28 heavy (non-hydrogen) atoms. The highest BCUT2D eigenvalue weighted by molar-refractivity contribution is 5.85. The Kier molecular flexibility index (Phi) is 5.30. The molecule has 2 aromatic heterocycles. The van der Waals surface area contributed by atoms with Crippen molar-refractivity contribution in [2.24, 2.45) is 0 Å². The Morgan fingerprint density at radius 2 is 1.93 bits per heavy atom. The number of aromatic nitrogens is 2. The van der Waals surface area contributed by atoms with Crippen LogP contribution in [0.5, 0.6) is 0 Å². The predicted molar refractivity (Wildman–Crippen MR) is 108 cm³/mol. The summed E-state index contributed by atoms with van der Waals surface area (Å²) < 4.78 is 5.18. The summed E-state index contributed by atoms with van der Waals surface area (Å²) in [6, 6.07) is 12.9. The second-order valence-electron chi connectivity index (χ2n) is 7.27. The standard InChI is InChI=1S/C22H26N4O2/c1-3-28-22(27)26-14-12-25(13-15-26)21(17-8-10-23-11-9-17)20-16(2)24-19-7-5-4-6-18(19)20/h4-11,21,24H,3,12-15H2,1-2H3/p+1/t21-/m0/s1. The molecular weight excluding hydrogens is 352 g/mol. The van der Waals surface area contributed by atoms with Crippen LogP contribution in [0.3, 0.4) is 0 Å². The van der Waals surface area contributed by atoms with E-state index in [1.54, 1.807) is 0 Å². The van der Waals surface area contributed by atoms with Crippen molar-refractivity contribution in [2.75, 3.05) is 32.8 Å². The maximum Gasteiger partial charge on any atom is 0.410 e. The molecule has 0 saturated carbocycles. The van der Waals surface area contributed by atoms with E-state index in [0.29, 0.717) is 19.7 Å². The monoisotopic (exact) mass is 379 g/mol. The predicted octanol–water partition coefficient (Wildman–Crippen LogP) is 2.32. The molecule has 0 aliphatic carbocycles. The van der Waals surface area contributed by atoms with E-state index in [1.165, 1.54) is 32.6 Å². The maximum absolute atomic E-state index is 12.1. The number of aromatic amines is 1. The summed E-state index contributed by atoms with van der Waals surface area (Å²) in [5, 5.41) is 1.27. The molecule has 146 valence electrons. The Morgan fingerprint density at radius 1 is 1.21 bits per heavy atom. The van der Waals surface area contributed by atoms with E-state index in [-0.39, 0.29) is 12.1 Å². The van der Waals surface area contributed by atoms with Crippen LogP contribution in [-0.2, 0) is 4.74 Å². The number of nitrogens with zero attached hydrogens (tertiary/aromatic N) is 2. The van der Waals surface area contributed by atoms with Gasteiger partial charge in [-0.15, -0.1) is 0 Å². The Balaban J connectivity index is 1.68. The molecule has 1 fully saturated rings. The highest BCUT2D eigenvalue weighted by atomic mass is 16.6. The maximum atomic E-state index is 12.1. The number of nitrogens with one attached hydrogen (secondary N) is 2. The summed E-state index contributed by atoms with van der Waals surface area (Å²) >= 11 is 0. The van der Waals surface area contributed by atoms with Crippen molar-refractivity contribution >= 4 is 17.0 Å². The minimum Gasteiger partial charge on any atom is -0.450 e. The van der Waals surface area contributed by atoms with E-state index in [1.807, 2.05) is 24.2 Å². The smallest absolute Gasteiger partial charge is 0.410 e. The summed E-state index contributed by atoms with van der Waals surface area (Å²) in [4.78, 5) is 23.1. The Bertz CT molecular complexity index is 946. The third kappa shape index (κ3) is 3.47. The normalized spacial score (nSPS) is 16.3. The van der Waals surface area contributed by atoms with Gasteiger partial charge in [0.1, 0.15) is 6.04 Å². The lowest BCUT2D eigenvalue weighted by Crippen LogP contribution is -3.15. The number of carbonyl (C=O) groups is 1. The molecule has 4 rings (SSSR count). The molecule has 1 saturated heterocycles. The van der Waals surface area contributed by atoms with Crippen molar-refractivity contribution in [3.63, 3.8) is 0 Å². The molecule has 0 bridgehead atoms. The summed E-state index contributed by atoms with van der Waals surface area (Å²) in [7, 11) is 0. The fraction of sp³-hybridized carbons (Fsp3) is 0.364. The van der Waals surface area contributed by atoms with E-state index in [9.17, 15) is 4.79 Å². The first-order valence-electron chi connectivity index (χ1n) is 9.92. The summed E-state index contributed by atoms with van der Waals surface area (Å²) in [6.07, 6.45) is 3.52. The zero-order valence-corrected chi connectivity index (χ0v) is 16.4. The quantitative estimate of drug-likeness (QED) is 0.731. The van der Waals surface area contributed by atoms with Crippen LogP contribution in [0.25, 0.3) is 10.9 Å². The minimum atomic E-state index is -0.203. The van der Waals surface area contributed by atoms with Gasteiger partial charge >= 0.3 is 6.09 Å².